The Morgan fingerprint density at radius 1 is 1.06 bits per heavy atom. The Bertz CT molecular complexity index is 1360. The minimum atomic E-state index is -0.944. The van der Waals surface area contributed by atoms with Crippen LogP contribution in [0.4, 0.5) is 11.4 Å². The standard InChI is InChI=1S/C26H19N3O3/c1-16-25-22-11-8-20(18-4-6-19(7-5-18)26(30)31)14-23(22)29(13-12-24(25)32-28-16)21-9-2-17(15-27)3-10-21/h2-11,14H,12-13H2,1H3,(H,30,31). The fourth-order valence-corrected chi connectivity index (χ4v) is 4.20. The molecule has 32 heavy (non-hydrogen) atoms. The number of aromatic nitrogens is 1. The second kappa shape index (κ2) is 7.71. The van der Waals surface area contributed by atoms with E-state index in [9.17, 15) is 9.90 Å². The minimum absolute atomic E-state index is 0.257. The normalized spacial score (nSPS) is 12.4. The first-order valence-corrected chi connectivity index (χ1v) is 10.3. The van der Waals surface area contributed by atoms with Gasteiger partial charge in [0.05, 0.1) is 22.9 Å². The first-order chi connectivity index (χ1) is 15.5. The third-order valence-corrected chi connectivity index (χ3v) is 5.83. The lowest BCUT2D eigenvalue weighted by molar-refractivity contribution is 0.0697. The summed E-state index contributed by atoms with van der Waals surface area (Å²) in [7, 11) is 0. The molecule has 0 saturated heterocycles. The molecule has 0 fully saturated rings. The number of anilines is 2. The number of carboxylic acid groups (broad SMARTS) is 1. The maximum absolute atomic E-state index is 11.2. The van der Waals surface area contributed by atoms with Gasteiger partial charge >= 0.3 is 5.97 Å². The van der Waals surface area contributed by atoms with Gasteiger partial charge in [0.1, 0.15) is 5.76 Å². The number of carboxylic acids is 1. The number of nitriles is 1. The molecule has 0 atom stereocenters. The molecule has 0 aliphatic carbocycles. The van der Waals surface area contributed by atoms with Gasteiger partial charge in [0, 0.05) is 35.5 Å². The van der Waals surface area contributed by atoms with Crippen molar-refractivity contribution in [2.75, 3.05) is 11.4 Å². The summed E-state index contributed by atoms with van der Waals surface area (Å²) in [5, 5.41) is 22.5. The van der Waals surface area contributed by atoms with Crippen molar-refractivity contribution in [1.82, 2.24) is 5.16 Å². The lowest BCUT2D eigenvalue weighted by atomic mass is 9.96. The molecular weight excluding hydrogens is 402 g/mol. The van der Waals surface area contributed by atoms with Crippen LogP contribution in [0, 0.1) is 18.3 Å². The third kappa shape index (κ3) is 3.30. The van der Waals surface area contributed by atoms with Gasteiger partial charge in [-0.05, 0) is 60.5 Å². The number of rotatable bonds is 3. The highest BCUT2D eigenvalue weighted by Gasteiger charge is 2.26. The molecule has 1 aliphatic heterocycles. The largest absolute Gasteiger partial charge is 0.478 e. The molecule has 1 aromatic heterocycles. The molecule has 0 radical (unpaired) electrons. The van der Waals surface area contributed by atoms with Crippen LogP contribution in [0.5, 0.6) is 0 Å². The summed E-state index contributed by atoms with van der Waals surface area (Å²) in [6, 6.07) is 22.8. The molecular formula is C26H19N3O3. The lowest BCUT2D eigenvalue weighted by Crippen LogP contribution is -2.19. The van der Waals surface area contributed by atoms with E-state index in [1.54, 1.807) is 12.1 Å². The molecule has 1 N–H and O–H groups in total. The number of aromatic carboxylic acids is 1. The highest BCUT2D eigenvalue weighted by Crippen LogP contribution is 2.43. The van der Waals surface area contributed by atoms with E-state index in [0.29, 0.717) is 18.5 Å². The van der Waals surface area contributed by atoms with Crippen LogP contribution in [0.15, 0.2) is 71.3 Å². The Hall–Kier alpha value is -4.37. The molecule has 1 aliphatic rings. The number of carbonyl (C=O) groups is 1. The van der Waals surface area contributed by atoms with Gasteiger partial charge in [-0.3, -0.25) is 0 Å². The predicted molar refractivity (Wildman–Crippen MR) is 121 cm³/mol. The van der Waals surface area contributed by atoms with Crippen molar-refractivity contribution in [2.45, 2.75) is 13.3 Å². The number of fused-ring (bicyclic) bond motifs is 3. The predicted octanol–water partition coefficient (Wildman–Crippen LogP) is 5.58. The fourth-order valence-electron chi connectivity index (χ4n) is 4.20. The van der Waals surface area contributed by atoms with Crippen molar-refractivity contribution < 1.29 is 14.4 Å². The average molecular weight is 421 g/mol. The van der Waals surface area contributed by atoms with Gasteiger partial charge in [0.15, 0.2) is 0 Å². The summed E-state index contributed by atoms with van der Waals surface area (Å²) in [4.78, 5) is 13.4. The first-order valence-electron chi connectivity index (χ1n) is 10.3. The molecule has 6 heteroatoms. The van der Waals surface area contributed by atoms with Gasteiger partial charge in [-0.25, -0.2) is 4.79 Å². The molecule has 0 unspecified atom stereocenters. The maximum Gasteiger partial charge on any atom is 0.335 e. The van der Waals surface area contributed by atoms with E-state index in [2.05, 4.69) is 28.3 Å². The fraction of sp³-hybridized carbons (Fsp3) is 0.115. The molecule has 0 amide bonds. The highest BCUT2D eigenvalue weighted by molar-refractivity contribution is 5.90. The van der Waals surface area contributed by atoms with Gasteiger partial charge in [-0.2, -0.15) is 5.26 Å². The van der Waals surface area contributed by atoms with E-state index in [1.165, 1.54) is 0 Å². The Balaban J connectivity index is 1.66. The number of hydrogen-bond donors (Lipinski definition) is 1. The van der Waals surface area contributed by atoms with Crippen molar-refractivity contribution in [1.29, 1.82) is 5.26 Å². The Morgan fingerprint density at radius 3 is 2.47 bits per heavy atom. The van der Waals surface area contributed by atoms with Crippen LogP contribution in [0.25, 0.3) is 22.3 Å². The van der Waals surface area contributed by atoms with Crippen LogP contribution >= 0.6 is 0 Å². The van der Waals surface area contributed by atoms with Gasteiger partial charge in [-0.1, -0.05) is 29.4 Å². The zero-order chi connectivity index (χ0) is 22.2. The van der Waals surface area contributed by atoms with E-state index in [0.717, 1.165) is 45.1 Å². The van der Waals surface area contributed by atoms with Crippen LogP contribution in [0.2, 0.25) is 0 Å². The van der Waals surface area contributed by atoms with Crippen molar-refractivity contribution in [3.05, 3.63) is 89.3 Å². The monoisotopic (exact) mass is 421 g/mol. The number of hydrogen-bond acceptors (Lipinski definition) is 5. The van der Waals surface area contributed by atoms with E-state index < -0.39 is 5.97 Å². The van der Waals surface area contributed by atoms with Crippen LogP contribution in [-0.4, -0.2) is 22.8 Å². The summed E-state index contributed by atoms with van der Waals surface area (Å²) in [5.74, 6) is -0.0839. The van der Waals surface area contributed by atoms with Crippen LogP contribution in [0.3, 0.4) is 0 Å². The third-order valence-electron chi connectivity index (χ3n) is 5.83. The topological polar surface area (TPSA) is 90.4 Å². The molecule has 3 aromatic carbocycles. The lowest BCUT2D eigenvalue weighted by Gasteiger charge is -2.26. The SMILES string of the molecule is Cc1noc2c1-c1ccc(-c3ccc(C(=O)O)cc3)cc1N(c1ccc(C#N)cc1)CC2. The van der Waals surface area contributed by atoms with Crippen LogP contribution < -0.4 is 4.90 Å². The molecule has 6 nitrogen and oxygen atoms in total. The summed E-state index contributed by atoms with van der Waals surface area (Å²) < 4.78 is 5.62. The second-order valence-corrected chi connectivity index (χ2v) is 7.74. The number of aryl methyl sites for hydroxylation is 1. The summed E-state index contributed by atoms with van der Waals surface area (Å²) in [6.07, 6.45) is 0.702. The Labute approximate surface area is 184 Å². The average Bonchev–Trinajstić information content (AvgIpc) is 3.10. The Morgan fingerprint density at radius 2 is 1.78 bits per heavy atom. The van der Waals surface area contributed by atoms with Crippen LogP contribution in [-0.2, 0) is 6.42 Å². The molecule has 4 aromatic rings. The summed E-state index contributed by atoms with van der Waals surface area (Å²) in [5.41, 5.74) is 7.69. The summed E-state index contributed by atoms with van der Waals surface area (Å²) >= 11 is 0. The van der Waals surface area contributed by atoms with E-state index in [1.807, 2.05) is 49.4 Å². The van der Waals surface area contributed by atoms with E-state index >= 15 is 0 Å². The van der Waals surface area contributed by atoms with Gasteiger partial charge in [0.2, 0.25) is 0 Å². The van der Waals surface area contributed by atoms with Crippen LogP contribution in [0.1, 0.15) is 27.4 Å². The second-order valence-electron chi connectivity index (χ2n) is 7.74. The van der Waals surface area contributed by atoms with E-state index in [-0.39, 0.29) is 5.56 Å². The molecule has 2 heterocycles. The molecule has 0 spiro atoms. The molecule has 5 rings (SSSR count). The van der Waals surface area contributed by atoms with Gasteiger partial charge in [-0.15, -0.1) is 0 Å². The molecule has 0 bridgehead atoms. The van der Waals surface area contributed by atoms with E-state index in [4.69, 9.17) is 9.78 Å². The smallest absolute Gasteiger partial charge is 0.335 e. The minimum Gasteiger partial charge on any atom is -0.478 e. The maximum atomic E-state index is 11.2. The first kappa shape index (κ1) is 19.6. The van der Waals surface area contributed by atoms with Crippen molar-refractivity contribution in [2.24, 2.45) is 0 Å². The highest BCUT2D eigenvalue weighted by atomic mass is 16.5. The molecule has 156 valence electrons. The zero-order valence-corrected chi connectivity index (χ0v) is 17.4. The van der Waals surface area contributed by atoms with Crippen molar-refractivity contribution >= 4 is 17.3 Å². The summed E-state index contributed by atoms with van der Waals surface area (Å²) in [6.45, 7) is 2.64. The zero-order valence-electron chi connectivity index (χ0n) is 17.4. The Kier molecular flexibility index (Phi) is 4.72. The molecule has 0 saturated carbocycles. The van der Waals surface area contributed by atoms with Crippen molar-refractivity contribution in [3.8, 4) is 28.3 Å². The van der Waals surface area contributed by atoms with Crippen molar-refractivity contribution in [3.63, 3.8) is 0 Å². The quantitative estimate of drug-likeness (QED) is 0.464. The van der Waals surface area contributed by atoms with Gasteiger partial charge < -0.3 is 14.5 Å². The van der Waals surface area contributed by atoms with Gasteiger partial charge in [0.25, 0.3) is 0 Å². The number of nitrogens with zero attached hydrogens (tertiary/aromatic N) is 3. The number of benzene rings is 3.